The van der Waals surface area contributed by atoms with Crippen LogP contribution < -0.4 is 4.90 Å². The summed E-state index contributed by atoms with van der Waals surface area (Å²) in [6.45, 7) is 8.69. The van der Waals surface area contributed by atoms with Gasteiger partial charge in [0, 0.05) is 63.0 Å². The molecule has 2 saturated heterocycles. The van der Waals surface area contributed by atoms with E-state index in [1.807, 2.05) is 17.8 Å². The van der Waals surface area contributed by atoms with E-state index in [4.69, 9.17) is 26.3 Å². The lowest BCUT2D eigenvalue weighted by Gasteiger charge is -2.33. The minimum absolute atomic E-state index is 0.0542. The predicted molar refractivity (Wildman–Crippen MR) is 124 cm³/mol. The Hall–Kier alpha value is -1.58. The van der Waals surface area contributed by atoms with Crippen LogP contribution in [0.15, 0.2) is 23.1 Å². The van der Waals surface area contributed by atoms with Crippen molar-refractivity contribution in [2.75, 3.05) is 71.0 Å². The maximum absolute atomic E-state index is 10.1. The topological polar surface area (TPSA) is 65.0 Å². The van der Waals surface area contributed by atoms with E-state index in [0.717, 1.165) is 69.3 Å². The van der Waals surface area contributed by atoms with Gasteiger partial charge < -0.3 is 19.6 Å². The third-order valence-electron chi connectivity index (χ3n) is 6.20. The molecule has 0 saturated carbocycles. The van der Waals surface area contributed by atoms with E-state index in [2.05, 4.69) is 21.7 Å². The summed E-state index contributed by atoms with van der Waals surface area (Å²) in [6.07, 6.45) is 0.943. The van der Waals surface area contributed by atoms with Gasteiger partial charge >= 0.3 is 0 Å². The highest BCUT2D eigenvalue weighted by atomic mass is 35.5. The zero-order chi connectivity index (χ0) is 21.4. The van der Waals surface area contributed by atoms with Gasteiger partial charge in [0.1, 0.15) is 11.6 Å². The maximum Gasteiger partial charge on any atom is 0.161 e. The van der Waals surface area contributed by atoms with Crippen molar-refractivity contribution in [2.24, 2.45) is 0 Å². The molecule has 5 rings (SSSR count). The number of anilines is 1. The van der Waals surface area contributed by atoms with Crippen molar-refractivity contribution in [2.45, 2.75) is 16.6 Å². The van der Waals surface area contributed by atoms with Gasteiger partial charge in [0.05, 0.1) is 28.8 Å². The Bertz CT molecular complexity index is 948. The summed E-state index contributed by atoms with van der Waals surface area (Å²) in [4.78, 5) is 18.4. The highest BCUT2D eigenvalue weighted by Gasteiger charge is 2.32. The van der Waals surface area contributed by atoms with Crippen molar-refractivity contribution in [3.63, 3.8) is 0 Å². The summed E-state index contributed by atoms with van der Waals surface area (Å²) in [7, 11) is 2.19. The number of benzene rings is 1. The third kappa shape index (κ3) is 4.64. The fraction of sp³-hybridized carbons (Fsp3) is 0.545. The lowest BCUT2D eigenvalue weighted by atomic mass is 10.1. The summed E-state index contributed by atoms with van der Waals surface area (Å²) in [5.41, 5.74) is 1.90. The molecular formula is C22H28ClN5O2S. The number of hydrogen-bond acceptors (Lipinski definition) is 8. The molecule has 1 unspecified atom stereocenters. The molecule has 0 aliphatic carbocycles. The molecule has 166 valence electrons. The lowest BCUT2D eigenvalue weighted by molar-refractivity contribution is 0.122. The first-order valence-electron chi connectivity index (χ1n) is 10.9. The molecule has 3 aliphatic heterocycles. The standard InChI is InChI=1S/C22H28ClN5O2S/c1-26-4-6-27(7-5-26)14-16-13-18-20(31-16)22(28-8-10-30-11-9-28)25-21(24-18)15-2-3-17(23)19(29)12-15/h2-3,12,16,29H,4-11,13-14H2,1H3. The van der Waals surface area contributed by atoms with Crippen LogP contribution in [0, 0.1) is 0 Å². The van der Waals surface area contributed by atoms with E-state index in [0.29, 0.717) is 29.3 Å². The largest absolute Gasteiger partial charge is 0.506 e. The van der Waals surface area contributed by atoms with Crippen LogP contribution in [0.5, 0.6) is 5.75 Å². The number of rotatable bonds is 4. The van der Waals surface area contributed by atoms with Crippen molar-refractivity contribution >= 4 is 29.2 Å². The molecule has 0 spiro atoms. The zero-order valence-electron chi connectivity index (χ0n) is 17.8. The second kappa shape index (κ2) is 9.11. The monoisotopic (exact) mass is 461 g/mol. The number of thioether (sulfide) groups is 1. The van der Waals surface area contributed by atoms with Crippen LogP contribution in [-0.4, -0.2) is 96.2 Å². The van der Waals surface area contributed by atoms with Gasteiger partial charge in [0.25, 0.3) is 0 Å². The van der Waals surface area contributed by atoms with E-state index in [1.165, 1.54) is 4.90 Å². The Morgan fingerprint density at radius 1 is 1.13 bits per heavy atom. The number of piperazine rings is 1. The van der Waals surface area contributed by atoms with Crippen LogP contribution in [0.25, 0.3) is 11.4 Å². The van der Waals surface area contributed by atoms with Gasteiger partial charge in [0.2, 0.25) is 0 Å². The van der Waals surface area contributed by atoms with Crippen LogP contribution in [0.2, 0.25) is 5.02 Å². The maximum atomic E-state index is 10.1. The minimum atomic E-state index is 0.0542. The zero-order valence-corrected chi connectivity index (χ0v) is 19.3. The summed E-state index contributed by atoms with van der Waals surface area (Å²) in [5, 5.41) is 10.9. The third-order valence-corrected chi connectivity index (χ3v) is 7.82. The second-order valence-electron chi connectivity index (χ2n) is 8.46. The van der Waals surface area contributed by atoms with Crippen LogP contribution in [0.1, 0.15) is 5.69 Å². The fourth-order valence-corrected chi connectivity index (χ4v) is 5.88. The molecule has 7 nitrogen and oxygen atoms in total. The average Bonchev–Trinajstić information content (AvgIpc) is 3.19. The first kappa shape index (κ1) is 21.3. The van der Waals surface area contributed by atoms with E-state index in [9.17, 15) is 5.11 Å². The van der Waals surface area contributed by atoms with Gasteiger partial charge in [-0.25, -0.2) is 9.97 Å². The number of hydrogen-bond donors (Lipinski definition) is 1. The van der Waals surface area contributed by atoms with Crippen LogP contribution in [0.3, 0.4) is 0 Å². The molecule has 0 radical (unpaired) electrons. The van der Waals surface area contributed by atoms with Crippen molar-refractivity contribution in [3.05, 3.63) is 28.9 Å². The van der Waals surface area contributed by atoms with Crippen molar-refractivity contribution in [1.82, 2.24) is 19.8 Å². The van der Waals surface area contributed by atoms with Crippen molar-refractivity contribution in [3.8, 4) is 17.1 Å². The number of likely N-dealkylation sites (N-methyl/N-ethyl adjacent to an activating group) is 1. The quantitative estimate of drug-likeness (QED) is 0.745. The summed E-state index contributed by atoms with van der Waals surface area (Å²) in [6, 6.07) is 5.22. The lowest BCUT2D eigenvalue weighted by Crippen LogP contribution is -2.46. The summed E-state index contributed by atoms with van der Waals surface area (Å²) >= 11 is 7.94. The van der Waals surface area contributed by atoms with Gasteiger partial charge in [-0.15, -0.1) is 11.8 Å². The molecule has 2 aromatic rings. The molecule has 0 amide bonds. The van der Waals surface area contributed by atoms with Gasteiger partial charge in [-0.1, -0.05) is 11.6 Å². The van der Waals surface area contributed by atoms with Gasteiger partial charge in [-0.3, -0.25) is 4.90 Å². The number of phenolic OH excluding ortho intramolecular Hbond substituents is 1. The first-order chi connectivity index (χ1) is 15.1. The predicted octanol–water partition coefficient (Wildman–Crippen LogP) is 2.60. The highest BCUT2D eigenvalue weighted by Crippen LogP contribution is 2.43. The number of morpholine rings is 1. The Morgan fingerprint density at radius 2 is 1.90 bits per heavy atom. The van der Waals surface area contributed by atoms with E-state index in [1.54, 1.807) is 12.1 Å². The Labute approximate surface area is 192 Å². The molecule has 4 heterocycles. The molecule has 3 aliphatic rings. The van der Waals surface area contributed by atoms with Gasteiger partial charge in [-0.2, -0.15) is 0 Å². The molecule has 1 aromatic heterocycles. The highest BCUT2D eigenvalue weighted by molar-refractivity contribution is 8.00. The number of nitrogens with zero attached hydrogens (tertiary/aromatic N) is 5. The van der Waals surface area contributed by atoms with Crippen LogP contribution in [-0.2, 0) is 11.2 Å². The normalized spacial score (nSPS) is 22.6. The number of ether oxygens (including phenoxy) is 1. The minimum Gasteiger partial charge on any atom is -0.506 e. The number of aromatic hydroxyl groups is 1. The smallest absolute Gasteiger partial charge is 0.161 e. The number of fused-ring (bicyclic) bond motifs is 1. The number of aromatic nitrogens is 2. The molecule has 2 fully saturated rings. The molecule has 1 atom stereocenters. The molecule has 0 bridgehead atoms. The van der Waals surface area contributed by atoms with Crippen LogP contribution >= 0.6 is 23.4 Å². The van der Waals surface area contributed by atoms with Gasteiger partial charge in [-0.05, 0) is 25.2 Å². The summed E-state index contributed by atoms with van der Waals surface area (Å²) < 4.78 is 5.56. The number of phenols is 1. The van der Waals surface area contributed by atoms with Crippen molar-refractivity contribution in [1.29, 1.82) is 0 Å². The molecular weight excluding hydrogens is 434 g/mol. The van der Waals surface area contributed by atoms with E-state index in [-0.39, 0.29) is 5.75 Å². The molecule has 31 heavy (non-hydrogen) atoms. The SMILES string of the molecule is CN1CCN(CC2Cc3nc(-c4ccc(Cl)c(O)c4)nc(N4CCOCC4)c3S2)CC1. The van der Waals surface area contributed by atoms with E-state index >= 15 is 0 Å². The van der Waals surface area contributed by atoms with Crippen molar-refractivity contribution < 1.29 is 9.84 Å². The van der Waals surface area contributed by atoms with Gasteiger partial charge in [0.15, 0.2) is 5.82 Å². The first-order valence-corrected chi connectivity index (χ1v) is 12.1. The summed E-state index contributed by atoms with van der Waals surface area (Å²) in [5.74, 6) is 1.70. The second-order valence-corrected chi connectivity index (χ2v) is 10.2. The van der Waals surface area contributed by atoms with E-state index < -0.39 is 0 Å². The molecule has 9 heteroatoms. The Kier molecular flexibility index (Phi) is 6.25. The average molecular weight is 462 g/mol. The Balaban J connectivity index is 1.43. The molecule has 1 aromatic carbocycles. The number of halogens is 1. The molecule has 1 N–H and O–H groups in total. The Morgan fingerprint density at radius 3 is 2.65 bits per heavy atom. The fourth-order valence-electron chi connectivity index (χ4n) is 4.36. The van der Waals surface area contributed by atoms with Crippen LogP contribution in [0.4, 0.5) is 5.82 Å².